The van der Waals surface area contributed by atoms with Crippen molar-refractivity contribution in [2.75, 3.05) is 17.7 Å². The first-order valence-corrected chi connectivity index (χ1v) is 8.54. The van der Waals surface area contributed by atoms with E-state index in [0.717, 1.165) is 12.0 Å². The molecule has 0 aliphatic rings. The van der Waals surface area contributed by atoms with Crippen molar-refractivity contribution in [2.24, 2.45) is 0 Å². The normalized spacial score (nSPS) is 14.5. The Bertz CT molecular complexity index is 536. The minimum Gasteiger partial charge on any atom is -0.380 e. The molecule has 0 aliphatic carbocycles. The highest BCUT2D eigenvalue weighted by molar-refractivity contribution is 6.17. The van der Waals surface area contributed by atoms with E-state index in [2.05, 4.69) is 24.5 Å². The van der Waals surface area contributed by atoms with Gasteiger partial charge in [0.15, 0.2) is 12.2 Å². The molecule has 4 N–H and O–H groups in total. The van der Waals surface area contributed by atoms with Crippen molar-refractivity contribution < 1.29 is 19.8 Å². The van der Waals surface area contributed by atoms with Gasteiger partial charge in [-0.3, -0.25) is 9.59 Å². The molecule has 1 rings (SSSR count). The molecule has 0 fully saturated rings. The lowest BCUT2D eigenvalue weighted by molar-refractivity contribution is -0.143. The van der Waals surface area contributed by atoms with E-state index >= 15 is 0 Å². The van der Waals surface area contributed by atoms with E-state index < -0.39 is 24.0 Å². The highest BCUT2D eigenvalue weighted by atomic mass is 35.5. The van der Waals surface area contributed by atoms with Gasteiger partial charge in [-0.05, 0) is 36.5 Å². The fourth-order valence-corrected chi connectivity index (χ4v) is 2.15. The van der Waals surface area contributed by atoms with Crippen molar-refractivity contribution in [2.45, 2.75) is 44.8 Å². The van der Waals surface area contributed by atoms with Crippen LogP contribution in [0.15, 0.2) is 24.3 Å². The Balaban J connectivity index is 2.58. The molecule has 134 valence electrons. The lowest BCUT2D eigenvalue weighted by Gasteiger charge is -2.17. The first-order chi connectivity index (χ1) is 11.4. The van der Waals surface area contributed by atoms with Gasteiger partial charge in [0, 0.05) is 18.1 Å². The minimum atomic E-state index is -1.85. The average Bonchev–Trinajstić information content (AvgIpc) is 2.60. The second-order valence-corrected chi connectivity index (χ2v) is 6.02. The number of hydrogen-bond donors (Lipinski definition) is 4. The SMILES string of the molecule is CCC(C)c1ccc(NC(=O)[C@H](O)[C@@H](O)C(=O)NCCCCl)cc1. The van der Waals surface area contributed by atoms with Crippen LogP contribution in [0, 0.1) is 0 Å². The molecule has 0 aliphatic heterocycles. The fourth-order valence-electron chi connectivity index (χ4n) is 2.02. The molecule has 7 heteroatoms. The lowest BCUT2D eigenvalue weighted by atomic mass is 9.98. The van der Waals surface area contributed by atoms with Crippen LogP contribution in [-0.2, 0) is 9.59 Å². The summed E-state index contributed by atoms with van der Waals surface area (Å²) in [5, 5.41) is 24.4. The van der Waals surface area contributed by atoms with Gasteiger partial charge in [-0.2, -0.15) is 0 Å². The Hall–Kier alpha value is -1.63. The molecule has 0 radical (unpaired) electrons. The van der Waals surface area contributed by atoms with E-state index in [0.29, 0.717) is 23.9 Å². The number of amides is 2. The number of alkyl halides is 1. The predicted molar refractivity (Wildman–Crippen MR) is 94.1 cm³/mol. The molecular formula is C17H25ClN2O4. The van der Waals surface area contributed by atoms with E-state index in [9.17, 15) is 19.8 Å². The molecule has 1 aromatic rings. The second-order valence-electron chi connectivity index (χ2n) is 5.64. The number of halogens is 1. The Morgan fingerprint density at radius 2 is 1.71 bits per heavy atom. The molecule has 3 atom stereocenters. The van der Waals surface area contributed by atoms with Crippen molar-refractivity contribution in [3.8, 4) is 0 Å². The largest absolute Gasteiger partial charge is 0.380 e. The third-order valence-electron chi connectivity index (χ3n) is 3.81. The first-order valence-electron chi connectivity index (χ1n) is 8.01. The van der Waals surface area contributed by atoms with Crippen molar-refractivity contribution in [3.05, 3.63) is 29.8 Å². The van der Waals surface area contributed by atoms with Crippen molar-refractivity contribution in [3.63, 3.8) is 0 Å². The summed E-state index contributed by atoms with van der Waals surface area (Å²) >= 11 is 5.48. The number of hydrogen-bond acceptors (Lipinski definition) is 4. The van der Waals surface area contributed by atoms with E-state index in [1.165, 1.54) is 0 Å². The maximum atomic E-state index is 11.9. The highest BCUT2D eigenvalue weighted by Crippen LogP contribution is 2.20. The monoisotopic (exact) mass is 356 g/mol. The molecule has 0 aromatic heterocycles. The molecule has 0 bridgehead atoms. The number of nitrogens with one attached hydrogen (secondary N) is 2. The molecule has 0 saturated heterocycles. The lowest BCUT2D eigenvalue weighted by Crippen LogP contribution is -2.47. The summed E-state index contributed by atoms with van der Waals surface area (Å²) in [7, 11) is 0. The Morgan fingerprint density at radius 3 is 2.25 bits per heavy atom. The zero-order valence-corrected chi connectivity index (χ0v) is 14.7. The van der Waals surface area contributed by atoms with Crippen LogP contribution in [0.1, 0.15) is 38.2 Å². The Kier molecular flexibility index (Phi) is 8.74. The summed E-state index contributed by atoms with van der Waals surface area (Å²) in [5.41, 5.74) is 1.63. The van der Waals surface area contributed by atoms with Gasteiger partial charge in [0.25, 0.3) is 11.8 Å². The molecule has 0 heterocycles. The molecule has 6 nitrogen and oxygen atoms in total. The van der Waals surface area contributed by atoms with Crippen LogP contribution in [-0.4, -0.2) is 46.7 Å². The van der Waals surface area contributed by atoms with Gasteiger partial charge in [-0.1, -0.05) is 26.0 Å². The summed E-state index contributed by atoms with van der Waals surface area (Å²) in [6.45, 7) is 4.47. The smallest absolute Gasteiger partial charge is 0.256 e. The minimum absolute atomic E-state index is 0.269. The van der Waals surface area contributed by atoms with Crippen LogP contribution in [0.5, 0.6) is 0 Å². The van der Waals surface area contributed by atoms with Crippen LogP contribution >= 0.6 is 11.6 Å². The van der Waals surface area contributed by atoms with Crippen LogP contribution in [0.4, 0.5) is 5.69 Å². The Labute approximate surface area is 147 Å². The molecule has 0 spiro atoms. The van der Waals surface area contributed by atoms with Crippen molar-refractivity contribution in [1.82, 2.24) is 5.32 Å². The summed E-state index contributed by atoms with van der Waals surface area (Å²) in [4.78, 5) is 23.6. The first kappa shape index (κ1) is 20.4. The van der Waals surface area contributed by atoms with Crippen molar-refractivity contribution in [1.29, 1.82) is 0 Å². The quantitative estimate of drug-likeness (QED) is 0.399. The van der Waals surface area contributed by atoms with Gasteiger partial charge in [0.2, 0.25) is 0 Å². The summed E-state index contributed by atoms with van der Waals surface area (Å²) < 4.78 is 0. The second kappa shape index (κ2) is 10.3. The van der Waals surface area contributed by atoms with E-state index in [1.807, 2.05) is 12.1 Å². The zero-order valence-electron chi connectivity index (χ0n) is 14.0. The maximum absolute atomic E-state index is 11.9. The van der Waals surface area contributed by atoms with Crippen molar-refractivity contribution >= 4 is 29.1 Å². The average molecular weight is 357 g/mol. The topological polar surface area (TPSA) is 98.7 Å². The third-order valence-corrected chi connectivity index (χ3v) is 4.07. The van der Waals surface area contributed by atoms with Gasteiger partial charge in [-0.15, -0.1) is 11.6 Å². The molecule has 24 heavy (non-hydrogen) atoms. The number of rotatable bonds is 9. The zero-order chi connectivity index (χ0) is 18.1. The number of carbonyl (C=O) groups excluding carboxylic acids is 2. The van der Waals surface area contributed by atoms with E-state index in [1.54, 1.807) is 12.1 Å². The standard InChI is InChI=1S/C17H25ClN2O4/c1-3-11(2)12-5-7-13(8-6-12)20-17(24)15(22)14(21)16(23)19-10-4-9-18/h5-8,11,14-15,21-22H,3-4,9-10H2,1-2H3,(H,19,23)(H,20,24)/t11?,14-,15-/m1/s1. The molecule has 2 amide bonds. The molecule has 0 saturated carbocycles. The van der Waals surface area contributed by atoms with Crippen LogP contribution in [0.25, 0.3) is 0 Å². The van der Waals surface area contributed by atoms with Crippen LogP contribution in [0.3, 0.4) is 0 Å². The number of anilines is 1. The summed E-state index contributed by atoms with van der Waals surface area (Å²) in [6.07, 6.45) is -2.14. The van der Waals surface area contributed by atoms with Gasteiger partial charge < -0.3 is 20.8 Å². The predicted octanol–water partition coefficient (Wildman–Crippen LogP) is 1.61. The van der Waals surface area contributed by atoms with Gasteiger partial charge in [-0.25, -0.2) is 0 Å². The Morgan fingerprint density at radius 1 is 1.12 bits per heavy atom. The highest BCUT2D eigenvalue weighted by Gasteiger charge is 2.30. The number of carbonyl (C=O) groups is 2. The van der Waals surface area contributed by atoms with E-state index in [-0.39, 0.29) is 6.54 Å². The van der Waals surface area contributed by atoms with Gasteiger partial charge in [0.05, 0.1) is 0 Å². The molecular weight excluding hydrogens is 332 g/mol. The molecule has 1 unspecified atom stereocenters. The number of benzene rings is 1. The maximum Gasteiger partial charge on any atom is 0.256 e. The number of aliphatic hydroxyl groups excluding tert-OH is 2. The van der Waals surface area contributed by atoms with Crippen LogP contribution < -0.4 is 10.6 Å². The van der Waals surface area contributed by atoms with Gasteiger partial charge >= 0.3 is 0 Å². The third kappa shape index (κ3) is 6.11. The van der Waals surface area contributed by atoms with Gasteiger partial charge in [0.1, 0.15) is 0 Å². The molecule has 1 aromatic carbocycles. The number of aliphatic hydroxyl groups is 2. The van der Waals surface area contributed by atoms with Crippen LogP contribution in [0.2, 0.25) is 0 Å². The fraction of sp³-hybridized carbons (Fsp3) is 0.529. The van der Waals surface area contributed by atoms with E-state index in [4.69, 9.17) is 11.6 Å². The summed E-state index contributed by atoms with van der Waals surface area (Å²) in [6, 6.07) is 7.23. The summed E-state index contributed by atoms with van der Waals surface area (Å²) in [5.74, 6) is -0.869.